The molecule has 5 heteroatoms. The van der Waals surface area contributed by atoms with E-state index in [1.165, 1.54) is 4.31 Å². The van der Waals surface area contributed by atoms with Gasteiger partial charge >= 0.3 is 0 Å². The molecule has 2 rings (SSSR count). The van der Waals surface area contributed by atoms with Crippen LogP contribution < -0.4 is 5.73 Å². The average Bonchev–Trinajstić information content (AvgIpc) is 2.38. The Kier molecular flexibility index (Phi) is 4.11. The number of nitrogen functional groups attached to an aromatic ring is 1. The lowest BCUT2D eigenvalue weighted by atomic mass is 10.2. The van der Waals surface area contributed by atoms with Gasteiger partial charge in [0.25, 0.3) is 0 Å². The molecule has 0 bridgehead atoms. The van der Waals surface area contributed by atoms with Gasteiger partial charge in [0.1, 0.15) is 0 Å². The van der Waals surface area contributed by atoms with Crippen LogP contribution in [-0.4, -0.2) is 19.8 Å². The van der Waals surface area contributed by atoms with E-state index in [1.807, 2.05) is 25.1 Å². The second kappa shape index (κ2) is 5.64. The molecule has 0 fully saturated rings. The highest BCUT2D eigenvalue weighted by molar-refractivity contribution is 7.89. The van der Waals surface area contributed by atoms with Crippen molar-refractivity contribution in [2.45, 2.75) is 18.4 Å². The molecular formula is C15H18N2O2S. The number of hydrogen-bond donors (Lipinski definition) is 1. The Hall–Kier alpha value is -1.85. The fraction of sp³-hybridized carbons (Fsp3) is 0.200. The molecule has 0 radical (unpaired) electrons. The fourth-order valence-corrected chi connectivity index (χ4v) is 3.25. The van der Waals surface area contributed by atoms with Crippen molar-refractivity contribution < 1.29 is 8.42 Å². The smallest absolute Gasteiger partial charge is 0.243 e. The number of sulfonamides is 1. The van der Waals surface area contributed by atoms with Crippen LogP contribution in [0.1, 0.15) is 11.1 Å². The first-order valence-electron chi connectivity index (χ1n) is 6.27. The van der Waals surface area contributed by atoms with E-state index in [9.17, 15) is 8.42 Å². The molecule has 0 spiro atoms. The molecule has 0 saturated carbocycles. The summed E-state index contributed by atoms with van der Waals surface area (Å²) in [6.45, 7) is 2.16. The molecule has 20 heavy (non-hydrogen) atoms. The van der Waals surface area contributed by atoms with Crippen LogP contribution in [0.15, 0.2) is 53.4 Å². The average molecular weight is 290 g/mol. The van der Waals surface area contributed by atoms with Gasteiger partial charge in [0.05, 0.1) is 4.90 Å². The normalized spacial score (nSPS) is 11.8. The molecule has 0 atom stereocenters. The third-order valence-electron chi connectivity index (χ3n) is 3.05. The van der Waals surface area contributed by atoms with E-state index in [-0.39, 0.29) is 0 Å². The fourth-order valence-electron chi connectivity index (χ4n) is 1.99. The maximum atomic E-state index is 12.5. The van der Waals surface area contributed by atoms with Crippen molar-refractivity contribution in [2.24, 2.45) is 0 Å². The molecular weight excluding hydrogens is 272 g/mol. The van der Waals surface area contributed by atoms with Crippen molar-refractivity contribution in [3.8, 4) is 0 Å². The maximum Gasteiger partial charge on any atom is 0.243 e. The third-order valence-corrected chi connectivity index (χ3v) is 4.85. The monoisotopic (exact) mass is 290 g/mol. The van der Waals surface area contributed by atoms with Gasteiger partial charge in [-0.3, -0.25) is 0 Å². The molecule has 0 amide bonds. The van der Waals surface area contributed by atoms with E-state index >= 15 is 0 Å². The number of nitrogens with two attached hydrogens (primary N) is 1. The Morgan fingerprint density at radius 1 is 1.10 bits per heavy atom. The summed E-state index contributed by atoms with van der Waals surface area (Å²) in [5.41, 5.74) is 8.12. The summed E-state index contributed by atoms with van der Waals surface area (Å²) in [4.78, 5) is 0.309. The van der Waals surface area contributed by atoms with Gasteiger partial charge in [0.15, 0.2) is 0 Å². The predicted molar refractivity (Wildman–Crippen MR) is 80.7 cm³/mol. The van der Waals surface area contributed by atoms with Gasteiger partial charge in [0.2, 0.25) is 10.0 Å². The SMILES string of the molecule is Cc1cccc(S(=O)(=O)N(C)Cc2cccc(N)c2)c1. The highest BCUT2D eigenvalue weighted by Gasteiger charge is 2.20. The molecule has 0 aromatic heterocycles. The molecule has 2 aromatic carbocycles. The van der Waals surface area contributed by atoms with Gasteiger partial charge in [-0.05, 0) is 42.3 Å². The van der Waals surface area contributed by atoms with Crippen LogP contribution in [0, 0.1) is 6.92 Å². The molecule has 0 unspecified atom stereocenters. The van der Waals surface area contributed by atoms with Gasteiger partial charge in [-0.2, -0.15) is 4.31 Å². The molecule has 0 saturated heterocycles. The Morgan fingerprint density at radius 3 is 2.45 bits per heavy atom. The largest absolute Gasteiger partial charge is 0.399 e. The van der Waals surface area contributed by atoms with E-state index in [0.717, 1.165) is 11.1 Å². The quantitative estimate of drug-likeness (QED) is 0.879. The Morgan fingerprint density at radius 2 is 1.80 bits per heavy atom. The van der Waals surface area contributed by atoms with Crippen LogP contribution in [0.5, 0.6) is 0 Å². The van der Waals surface area contributed by atoms with Crippen LogP contribution in [0.25, 0.3) is 0 Å². The summed E-state index contributed by atoms with van der Waals surface area (Å²) in [5, 5.41) is 0. The van der Waals surface area contributed by atoms with Crippen molar-refractivity contribution in [3.63, 3.8) is 0 Å². The summed E-state index contributed by atoms with van der Waals surface area (Å²) in [6.07, 6.45) is 0. The zero-order chi connectivity index (χ0) is 14.8. The lowest BCUT2D eigenvalue weighted by Gasteiger charge is -2.17. The van der Waals surface area contributed by atoms with E-state index in [4.69, 9.17) is 5.73 Å². The zero-order valence-corrected chi connectivity index (χ0v) is 12.4. The van der Waals surface area contributed by atoms with Gasteiger partial charge in [0, 0.05) is 19.3 Å². The van der Waals surface area contributed by atoms with E-state index in [2.05, 4.69) is 0 Å². The van der Waals surface area contributed by atoms with Gasteiger partial charge in [-0.15, -0.1) is 0 Å². The van der Waals surface area contributed by atoms with Crippen LogP contribution in [-0.2, 0) is 16.6 Å². The van der Waals surface area contributed by atoms with Crippen LogP contribution in [0.3, 0.4) is 0 Å². The number of aryl methyl sites for hydroxylation is 1. The lowest BCUT2D eigenvalue weighted by molar-refractivity contribution is 0.466. The standard InChI is InChI=1S/C15H18N2O2S/c1-12-5-3-8-15(9-12)20(18,19)17(2)11-13-6-4-7-14(16)10-13/h3-10H,11,16H2,1-2H3. The number of benzene rings is 2. The van der Waals surface area contributed by atoms with Crippen molar-refractivity contribution in [2.75, 3.05) is 12.8 Å². The predicted octanol–water partition coefficient (Wildman–Crippen LogP) is 2.40. The van der Waals surface area contributed by atoms with Crippen LogP contribution >= 0.6 is 0 Å². The zero-order valence-electron chi connectivity index (χ0n) is 11.6. The first kappa shape index (κ1) is 14.6. The molecule has 2 aromatic rings. The molecule has 0 aliphatic carbocycles. The highest BCUT2D eigenvalue weighted by Crippen LogP contribution is 2.18. The molecule has 2 N–H and O–H groups in total. The first-order valence-corrected chi connectivity index (χ1v) is 7.71. The van der Waals surface area contributed by atoms with Gasteiger partial charge < -0.3 is 5.73 Å². The van der Waals surface area contributed by atoms with Crippen molar-refractivity contribution in [1.82, 2.24) is 4.31 Å². The van der Waals surface area contributed by atoms with Gasteiger partial charge in [-0.25, -0.2) is 8.42 Å². The Bertz CT molecular complexity index is 711. The van der Waals surface area contributed by atoms with E-state index in [1.54, 1.807) is 37.4 Å². The first-order chi connectivity index (χ1) is 9.39. The Balaban J connectivity index is 2.26. The van der Waals surface area contributed by atoms with Crippen LogP contribution in [0.4, 0.5) is 5.69 Å². The molecule has 4 nitrogen and oxygen atoms in total. The van der Waals surface area contributed by atoms with Crippen LogP contribution in [0.2, 0.25) is 0 Å². The Labute approximate surface area is 119 Å². The topological polar surface area (TPSA) is 63.4 Å². The minimum atomic E-state index is -3.48. The number of nitrogens with zero attached hydrogens (tertiary/aromatic N) is 1. The van der Waals surface area contributed by atoms with Crippen molar-refractivity contribution >= 4 is 15.7 Å². The van der Waals surface area contributed by atoms with E-state index in [0.29, 0.717) is 17.1 Å². The molecule has 0 aliphatic heterocycles. The number of hydrogen-bond acceptors (Lipinski definition) is 3. The van der Waals surface area contributed by atoms with Crippen molar-refractivity contribution in [1.29, 1.82) is 0 Å². The third kappa shape index (κ3) is 3.18. The second-order valence-corrected chi connectivity index (χ2v) is 6.87. The van der Waals surface area contributed by atoms with E-state index < -0.39 is 10.0 Å². The maximum absolute atomic E-state index is 12.5. The molecule has 106 valence electrons. The molecule has 0 heterocycles. The minimum Gasteiger partial charge on any atom is -0.399 e. The summed E-state index contributed by atoms with van der Waals surface area (Å²) in [6, 6.07) is 14.1. The summed E-state index contributed by atoms with van der Waals surface area (Å²) < 4.78 is 26.3. The van der Waals surface area contributed by atoms with Crippen molar-refractivity contribution in [3.05, 3.63) is 59.7 Å². The lowest BCUT2D eigenvalue weighted by Crippen LogP contribution is -2.26. The summed E-state index contributed by atoms with van der Waals surface area (Å²) >= 11 is 0. The second-order valence-electron chi connectivity index (χ2n) is 4.82. The number of anilines is 1. The summed E-state index contributed by atoms with van der Waals surface area (Å²) in [7, 11) is -1.91. The number of rotatable bonds is 4. The van der Waals surface area contributed by atoms with Gasteiger partial charge in [-0.1, -0.05) is 24.3 Å². The summed E-state index contributed by atoms with van der Waals surface area (Å²) in [5.74, 6) is 0. The highest BCUT2D eigenvalue weighted by atomic mass is 32.2. The minimum absolute atomic E-state index is 0.293. The molecule has 0 aliphatic rings.